The monoisotopic (exact) mass is 487 g/mol. The number of para-hydroxylation sites is 1. The van der Waals surface area contributed by atoms with Crippen LogP contribution in [0.2, 0.25) is 0 Å². The summed E-state index contributed by atoms with van der Waals surface area (Å²) in [7, 11) is 0. The van der Waals surface area contributed by atoms with Crippen molar-refractivity contribution in [2.45, 2.75) is 20.8 Å². The first-order valence-electron chi connectivity index (χ1n) is 11.3. The Morgan fingerprint density at radius 2 is 1.72 bits per heavy atom. The Labute approximate surface area is 209 Å². The third-order valence-corrected chi connectivity index (χ3v) is 5.30. The van der Waals surface area contributed by atoms with Crippen molar-refractivity contribution in [2.24, 2.45) is 0 Å². The minimum atomic E-state index is -0.549. The van der Waals surface area contributed by atoms with Crippen LogP contribution in [0.4, 0.5) is 15.8 Å². The van der Waals surface area contributed by atoms with Gasteiger partial charge in [-0.15, -0.1) is 0 Å². The fraction of sp³-hybridized carbons (Fsp3) is 0.179. The van der Waals surface area contributed by atoms with Gasteiger partial charge in [0.2, 0.25) is 0 Å². The SMILES string of the molecule is CCOc1cc(/C=C(/C#N)C(=O)Nc2cccc(C)c2C)ccc1OCC(=O)Nc1ccccc1F. The van der Waals surface area contributed by atoms with E-state index in [4.69, 9.17) is 9.47 Å². The van der Waals surface area contributed by atoms with Gasteiger partial charge in [0, 0.05) is 5.69 Å². The molecular weight excluding hydrogens is 461 g/mol. The number of nitrogens with zero attached hydrogens (tertiary/aromatic N) is 1. The minimum absolute atomic E-state index is 0.0554. The molecule has 0 saturated carbocycles. The summed E-state index contributed by atoms with van der Waals surface area (Å²) in [4.78, 5) is 24.9. The van der Waals surface area contributed by atoms with Crippen molar-refractivity contribution in [1.29, 1.82) is 5.26 Å². The van der Waals surface area contributed by atoms with Gasteiger partial charge in [-0.05, 0) is 73.9 Å². The number of anilines is 2. The maximum atomic E-state index is 13.7. The van der Waals surface area contributed by atoms with Crippen LogP contribution in [0.15, 0.2) is 66.2 Å². The van der Waals surface area contributed by atoms with Crippen molar-refractivity contribution >= 4 is 29.3 Å². The number of carbonyl (C=O) groups excluding carboxylic acids is 2. The number of nitriles is 1. The van der Waals surface area contributed by atoms with Crippen LogP contribution in [-0.2, 0) is 9.59 Å². The van der Waals surface area contributed by atoms with E-state index < -0.39 is 17.6 Å². The summed E-state index contributed by atoms with van der Waals surface area (Å²) in [5.41, 5.74) is 3.08. The Kier molecular flexibility index (Phi) is 8.79. The number of halogens is 1. The zero-order chi connectivity index (χ0) is 26.1. The van der Waals surface area contributed by atoms with Crippen LogP contribution in [0.1, 0.15) is 23.6 Å². The molecule has 0 aliphatic heterocycles. The standard InChI is InChI=1S/C28H26FN3O4/c1-4-35-26-15-20(14-21(16-30)28(34)32-23-11-7-8-18(2)19(23)3)12-13-25(26)36-17-27(33)31-24-10-6-5-9-22(24)29/h5-15H,4,17H2,1-3H3,(H,31,33)(H,32,34)/b21-14-. The highest BCUT2D eigenvalue weighted by atomic mass is 19.1. The first-order valence-corrected chi connectivity index (χ1v) is 11.3. The van der Waals surface area contributed by atoms with Crippen LogP contribution in [0.5, 0.6) is 11.5 Å². The van der Waals surface area contributed by atoms with Crippen molar-refractivity contribution in [1.82, 2.24) is 0 Å². The van der Waals surface area contributed by atoms with Crippen LogP contribution < -0.4 is 20.1 Å². The number of rotatable bonds is 9. The highest BCUT2D eigenvalue weighted by molar-refractivity contribution is 6.10. The van der Waals surface area contributed by atoms with Crippen LogP contribution in [0.3, 0.4) is 0 Å². The molecule has 0 unspecified atom stereocenters. The molecule has 36 heavy (non-hydrogen) atoms. The molecule has 0 radical (unpaired) electrons. The molecule has 3 aromatic carbocycles. The van der Waals surface area contributed by atoms with Gasteiger partial charge >= 0.3 is 0 Å². The lowest BCUT2D eigenvalue weighted by Crippen LogP contribution is -2.21. The maximum absolute atomic E-state index is 13.7. The maximum Gasteiger partial charge on any atom is 0.266 e. The second-order valence-electron chi connectivity index (χ2n) is 7.83. The molecule has 0 aliphatic carbocycles. The van der Waals surface area contributed by atoms with E-state index in [0.717, 1.165) is 11.1 Å². The molecule has 2 N–H and O–H groups in total. The van der Waals surface area contributed by atoms with Gasteiger partial charge in [0.05, 0.1) is 12.3 Å². The highest BCUT2D eigenvalue weighted by Gasteiger charge is 2.14. The van der Waals surface area contributed by atoms with Crippen molar-refractivity contribution in [3.05, 3.63) is 88.7 Å². The fourth-order valence-electron chi connectivity index (χ4n) is 3.29. The van der Waals surface area contributed by atoms with Gasteiger partial charge in [0.15, 0.2) is 18.1 Å². The summed E-state index contributed by atoms with van der Waals surface area (Å²) < 4.78 is 24.9. The molecule has 0 heterocycles. The normalized spacial score (nSPS) is 10.8. The van der Waals surface area contributed by atoms with E-state index in [1.165, 1.54) is 24.3 Å². The zero-order valence-electron chi connectivity index (χ0n) is 20.2. The molecule has 3 rings (SSSR count). The lowest BCUT2D eigenvalue weighted by atomic mass is 10.1. The Morgan fingerprint density at radius 3 is 2.44 bits per heavy atom. The Morgan fingerprint density at radius 1 is 0.972 bits per heavy atom. The first kappa shape index (κ1) is 26.0. The van der Waals surface area contributed by atoms with E-state index in [0.29, 0.717) is 23.6 Å². The molecular formula is C28H26FN3O4. The van der Waals surface area contributed by atoms with E-state index in [9.17, 15) is 19.2 Å². The largest absolute Gasteiger partial charge is 0.490 e. The molecule has 3 aromatic rings. The average molecular weight is 488 g/mol. The second kappa shape index (κ2) is 12.2. The number of hydrogen-bond donors (Lipinski definition) is 2. The summed E-state index contributed by atoms with van der Waals surface area (Å²) in [6.07, 6.45) is 1.44. The Bertz CT molecular complexity index is 1340. The molecule has 0 saturated heterocycles. The molecule has 0 atom stereocenters. The smallest absolute Gasteiger partial charge is 0.266 e. The lowest BCUT2D eigenvalue weighted by molar-refractivity contribution is -0.118. The zero-order valence-corrected chi connectivity index (χ0v) is 20.2. The van der Waals surface area contributed by atoms with E-state index in [2.05, 4.69) is 10.6 Å². The molecule has 0 aliphatic rings. The van der Waals surface area contributed by atoms with Gasteiger partial charge in [0.1, 0.15) is 17.5 Å². The van der Waals surface area contributed by atoms with Crippen LogP contribution in [-0.4, -0.2) is 25.0 Å². The number of amides is 2. The first-order chi connectivity index (χ1) is 17.3. The van der Waals surface area contributed by atoms with Gasteiger partial charge in [-0.2, -0.15) is 5.26 Å². The van der Waals surface area contributed by atoms with Crippen LogP contribution >= 0.6 is 0 Å². The topological polar surface area (TPSA) is 100 Å². The van der Waals surface area contributed by atoms with Gasteiger partial charge < -0.3 is 20.1 Å². The van der Waals surface area contributed by atoms with Crippen LogP contribution in [0.25, 0.3) is 6.08 Å². The summed E-state index contributed by atoms with van der Waals surface area (Å²) in [5, 5.41) is 14.8. The Hall–Kier alpha value is -4.64. The summed E-state index contributed by atoms with van der Waals surface area (Å²) in [6.45, 7) is 5.57. The summed E-state index contributed by atoms with van der Waals surface area (Å²) in [6, 6.07) is 18.1. The van der Waals surface area contributed by atoms with Crippen molar-refractivity contribution < 1.29 is 23.5 Å². The number of ether oxygens (including phenoxy) is 2. The van der Waals surface area contributed by atoms with E-state index in [1.54, 1.807) is 37.3 Å². The number of nitrogens with one attached hydrogen (secondary N) is 2. The van der Waals surface area contributed by atoms with Crippen molar-refractivity contribution in [3.8, 4) is 17.6 Å². The number of aryl methyl sites for hydroxylation is 1. The minimum Gasteiger partial charge on any atom is -0.490 e. The average Bonchev–Trinajstić information content (AvgIpc) is 2.86. The molecule has 0 bridgehead atoms. The highest BCUT2D eigenvalue weighted by Crippen LogP contribution is 2.30. The van der Waals surface area contributed by atoms with Crippen molar-refractivity contribution in [3.63, 3.8) is 0 Å². The third-order valence-electron chi connectivity index (χ3n) is 5.30. The predicted molar refractivity (Wildman–Crippen MR) is 136 cm³/mol. The number of benzene rings is 3. The summed E-state index contributed by atoms with van der Waals surface area (Å²) in [5.74, 6) is -1.00. The fourth-order valence-corrected chi connectivity index (χ4v) is 3.29. The molecule has 0 aromatic heterocycles. The molecule has 0 fully saturated rings. The van der Waals surface area contributed by atoms with E-state index in [-0.39, 0.29) is 23.6 Å². The lowest BCUT2D eigenvalue weighted by Gasteiger charge is -2.13. The predicted octanol–water partition coefficient (Wildman–Crippen LogP) is 5.40. The van der Waals surface area contributed by atoms with Gasteiger partial charge in [0.25, 0.3) is 11.8 Å². The molecule has 2 amide bonds. The quantitative estimate of drug-likeness (QED) is 0.311. The molecule has 184 valence electrons. The number of carbonyl (C=O) groups is 2. The number of hydrogen-bond acceptors (Lipinski definition) is 5. The van der Waals surface area contributed by atoms with E-state index in [1.807, 2.05) is 32.0 Å². The van der Waals surface area contributed by atoms with Crippen LogP contribution in [0, 0.1) is 31.0 Å². The van der Waals surface area contributed by atoms with E-state index >= 15 is 0 Å². The van der Waals surface area contributed by atoms with Gasteiger partial charge in [-0.3, -0.25) is 9.59 Å². The molecule has 8 heteroatoms. The molecule has 0 spiro atoms. The summed E-state index contributed by atoms with van der Waals surface area (Å²) >= 11 is 0. The molecule has 7 nitrogen and oxygen atoms in total. The Balaban J connectivity index is 1.74. The van der Waals surface area contributed by atoms with Gasteiger partial charge in [-0.1, -0.05) is 30.3 Å². The third kappa shape index (κ3) is 6.70. The van der Waals surface area contributed by atoms with Gasteiger partial charge in [-0.25, -0.2) is 4.39 Å². The second-order valence-corrected chi connectivity index (χ2v) is 7.83. The van der Waals surface area contributed by atoms with Crippen molar-refractivity contribution in [2.75, 3.05) is 23.8 Å².